The van der Waals surface area contributed by atoms with Crippen LogP contribution in [0, 0.1) is 0 Å². The van der Waals surface area contributed by atoms with E-state index in [0.717, 1.165) is 5.56 Å². The minimum Gasteiger partial charge on any atom is -0.463 e. The quantitative estimate of drug-likeness (QED) is 0.399. The first-order chi connectivity index (χ1) is 13.4. The molecule has 0 fully saturated rings. The van der Waals surface area contributed by atoms with Crippen molar-refractivity contribution in [3.8, 4) is 0 Å². The monoisotopic (exact) mass is 402 g/mol. The lowest BCUT2D eigenvalue weighted by atomic mass is 10.1. The van der Waals surface area contributed by atoms with E-state index in [1.54, 1.807) is 25.1 Å². The standard InChI is InChI=1S/C20H23ClN4O3/c1-4-28-17(26)10-9-16-12-23-20(21)25-18(16)22-11-14-5-7-15(8-6-14)19(27)24-13(2)3/h5-10,12-13H,4,11H2,1-3H3,(H,24,27)(H,22,23,25)/b10-9+. The fourth-order valence-electron chi connectivity index (χ4n) is 2.29. The number of hydrogen-bond donors (Lipinski definition) is 2. The molecule has 1 amide bonds. The van der Waals surface area contributed by atoms with Gasteiger partial charge in [0.15, 0.2) is 0 Å². The van der Waals surface area contributed by atoms with Crippen molar-refractivity contribution in [2.24, 2.45) is 0 Å². The predicted octanol–water partition coefficient (Wildman–Crippen LogP) is 3.46. The summed E-state index contributed by atoms with van der Waals surface area (Å²) in [6.07, 6.45) is 4.39. The lowest BCUT2D eigenvalue weighted by Gasteiger charge is -2.10. The van der Waals surface area contributed by atoms with Gasteiger partial charge < -0.3 is 15.4 Å². The minimum absolute atomic E-state index is 0.0810. The van der Waals surface area contributed by atoms with Gasteiger partial charge in [-0.25, -0.2) is 14.8 Å². The Labute approximate surface area is 169 Å². The van der Waals surface area contributed by atoms with E-state index >= 15 is 0 Å². The average molecular weight is 403 g/mol. The zero-order valence-corrected chi connectivity index (χ0v) is 16.8. The van der Waals surface area contributed by atoms with Crippen molar-refractivity contribution >= 4 is 35.4 Å². The first-order valence-electron chi connectivity index (χ1n) is 8.90. The fourth-order valence-corrected chi connectivity index (χ4v) is 2.42. The normalized spacial score (nSPS) is 10.9. The van der Waals surface area contributed by atoms with Crippen LogP contribution in [0.4, 0.5) is 5.82 Å². The highest BCUT2D eigenvalue weighted by Gasteiger charge is 2.08. The van der Waals surface area contributed by atoms with E-state index in [4.69, 9.17) is 16.3 Å². The Morgan fingerprint density at radius 3 is 2.61 bits per heavy atom. The largest absolute Gasteiger partial charge is 0.463 e. The molecule has 148 valence electrons. The van der Waals surface area contributed by atoms with Crippen molar-refractivity contribution < 1.29 is 14.3 Å². The second-order valence-corrected chi connectivity index (χ2v) is 6.55. The number of ether oxygens (including phenoxy) is 1. The van der Waals surface area contributed by atoms with Crippen LogP contribution < -0.4 is 10.6 Å². The first kappa shape index (κ1) is 21.4. The SMILES string of the molecule is CCOC(=O)/C=C/c1cnc(Cl)nc1NCc1ccc(C(=O)NC(C)C)cc1. The van der Waals surface area contributed by atoms with Gasteiger partial charge in [-0.1, -0.05) is 12.1 Å². The zero-order valence-electron chi connectivity index (χ0n) is 16.0. The van der Waals surface area contributed by atoms with Gasteiger partial charge in [-0.05, 0) is 56.1 Å². The molecule has 0 radical (unpaired) electrons. The molecule has 1 heterocycles. The molecule has 1 aromatic carbocycles. The summed E-state index contributed by atoms with van der Waals surface area (Å²) in [6, 6.07) is 7.34. The van der Waals surface area contributed by atoms with Gasteiger partial charge in [-0.3, -0.25) is 4.79 Å². The fraction of sp³-hybridized carbons (Fsp3) is 0.300. The maximum Gasteiger partial charge on any atom is 0.330 e. The van der Waals surface area contributed by atoms with Crippen LogP contribution in [0.25, 0.3) is 6.08 Å². The smallest absolute Gasteiger partial charge is 0.330 e. The zero-order chi connectivity index (χ0) is 20.5. The summed E-state index contributed by atoms with van der Waals surface area (Å²) in [5.41, 5.74) is 2.15. The van der Waals surface area contributed by atoms with E-state index in [2.05, 4.69) is 20.6 Å². The number of anilines is 1. The molecule has 0 bridgehead atoms. The second-order valence-electron chi connectivity index (χ2n) is 6.21. The molecule has 0 unspecified atom stereocenters. The van der Waals surface area contributed by atoms with E-state index in [1.807, 2.05) is 26.0 Å². The van der Waals surface area contributed by atoms with Gasteiger partial charge in [0.05, 0.1) is 6.61 Å². The molecule has 0 saturated heterocycles. The van der Waals surface area contributed by atoms with Crippen molar-refractivity contribution in [3.05, 3.63) is 58.5 Å². The van der Waals surface area contributed by atoms with Gasteiger partial charge in [0.2, 0.25) is 5.28 Å². The van der Waals surface area contributed by atoms with Gasteiger partial charge in [0.1, 0.15) is 5.82 Å². The molecule has 1 aromatic heterocycles. The number of hydrogen-bond acceptors (Lipinski definition) is 6. The summed E-state index contributed by atoms with van der Waals surface area (Å²) in [5, 5.41) is 6.11. The lowest BCUT2D eigenvalue weighted by Crippen LogP contribution is -2.30. The summed E-state index contributed by atoms with van der Waals surface area (Å²) in [6.45, 7) is 6.33. The predicted molar refractivity (Wildman–Crippen MR) is 109 cm³/mol. The van der Waals surface area contributed by atoms with Crippen LogP contribution in [0.3, 0.4) is 0 Å². The van der Waals surface area contributed by atoms with E-state index in [1.165, 1.54) is 12.3 Å². The molecule has 2 N–H and O–H groups in total. The molecule has 8 heteroatoms. The Balaban J connectivity index is 2.06. The molecular formula is C20H23ClN4O3. The number of benzene rings is 1. The lowest BCUT2D eigenvalue weighted by molar-refractivity contribution is -0.137. The van der Waals surface area contributed by atoms with Gasteiger partial charge in [0.25, 0.3) is 5.91 Å². The van der Waals surface area contributed by atoms with Crippen molar-refractivity contribution in [2.45, 2.75) is 33.4 Å². The third kappa shape index (κ3) is 6.66. The highest BCUT2D eigenvalue weighted by atomic mass is 35.5. The first-order valence-corrected chi connectivity index (χ1v) is 9.28. The number of aromatic nitrogens is 2. The summed E-state index contributed by atoms with van der Waals surface area (Å²) >= 11 is 5.89. The number of carbonyl (C=O) groups is 2. The summed E-state index contributed by atoms with van der Waals surface area (Å²) in [5.74, 6) is -0.0654. The Hall–Kier alpha value is -2.93. The molecule has 0 aliphatic rings. The summed E-state index contributed by atoms with van der Waals surface area (Å²) < 4.78 is 4.87. The molecule has 2 aromatic rings. The van der Waals surface area contributed by atoms with Crippen LogP contribution in [-0.2, 0) is 16.1 Å². The highest BCUT2D eigenvalue weighted by molar-refractivity contribution is 6.28. The third-order valence-corrected chi connectivity index (χ3v) is 3.75. The second kappa shape index (κ2) is 10.4. The molecular weight excluding hydrogens is 380 g/mol. The van der Waals surface area contributed by atoms with Crippen LogP contribution in [0.1, 0.15) is 42.3 Å². The van der Waals surface area contributed by atoms with Crippen LogP contribution in [0.15, 0.2) is 36.5 Å². The van der Waals surface area contributed by atoms with Gasteiger partial charge in [0, 0.05) is 36.0 Å². The number of amides is 1. The molecule has 7 nitrogen and oxygen atoms in total. The Morgan fingerprint density at radius 2 is 1.96 bits per heavy atom. The van der Waals surface area contributed by atoms with Crippen molar-refractivity contribution in [3.63, 3.8) is 0 Å². The molecule has 0 saturated carbocycles. The summed E-state index contributed by atoms with van der Waals surface area (Å²) in [7, 11) is 0. The Morgan fingerprint density at radius 1 is 1.25 bits per heavy atom. The van der Waals surface area contributed by atoms with Crippen LogP contribution >= 0.6 is 11.6 Å². The number of nitrogens with one attached hydrogen (secondary N) is 2. The van der Waals surface area contributed by atoms with Crippen LogP contribution in [-0.4, -0.2) is 34.5 Å². The number of esters is 1. The van der Waals surface area contributed by atoms with Crippen LogP contribution in [0.2, 0.25) is 5.28 Å². The van der Waals surface area contributed by atoms with Crippen molar-refractivity contribution in [1.82, 2.24) is 15.3 Å². The molecule has 0 spiro atoms. The topological polar surface area (TPSA) is 93.2 Å². The number of halogens is 1. The Bertz CT molecular complexity index is 851. The van der Waals surface area contributed by atoms with E-state index in [-0.39, 0.29) is 17.2 Å². The Kier molecular flexibility index (Phi) is 7.95. The maximum atomic E-state index is 12.0. The maximum absolute atomic E-state index is 12.0. The van der Waals surface area contributed by atoms with Gasteiger partial charge in [-0.15, -0.1) is 0 Å². The van der Waals surface area contributed by atoms with Gasteiger partial charge in [-0.2, -0.15) is 0 Å². The third-order valence-electron chi connectivity index (χ3n) is 3.57. The molecule has 2 rings (SSSR count). The molecule has 28 heavy (non-hydrogen) atoms. The molecule has 0 aliphatic heterocycles. The van der Waals surface area contributed by atoms with E-state index in [9.17, 15) is 9.59 Å². The van der Waals surface area contributed by atoms with Gasteiger partial charge >= 0.3 is 5.97 Å². The minimum atomic E-state index is -0.446. The molecule has 0 atom stereocenters. The van der Waals surface area contributed by atoms with E-state index in [0.29, 0.717) is 30.1 Å². The van der Waals surface area contributed by atoms with Crippen molar-refractivity contribution in [1.29, 1.82) is 0 Å². The number of carbonyl (C=O) groups excluding carboxylic acids is 2. The average Bonchev–Trinajstić information content (AvgIpc) is 2.65. The number of rotatable bonds is 8. The molecule has 0 aliphatic carbocycles. The number of nitrogens with zero attached hydrogens (tertiary/aromatic N) is 2. The van der Waals surface area contributed by atoms with Crippen LogP contribution in [0.5, 0.6) is 0 Å². The van der Waals surface area contributed by atoms with Crippen molar-refractivity contribution in [2.75, 3.05) is 11.9 Å². The van der Waals surface area contributed by atoms with E-state index < -0.39 is 5.97 Å². The highest BCUT2D eigenvalue weighted by Crippen LogP contribution is 2.17. The summed E-state index contributed by atoms with van der Waals surface area (Å²) in [4.78, 5) is 31.6.